The third kappa shape index (κ3) is 10.1. The van der Waals surface area contributed by atoms with Gasteiger partial charge < -0.3 is 24.8 Å². The monoisotopic (exact) mass is 399 g/mol. The third-order valence-corrected chi connectivity index (χ3v) is 4.24. The Balaban J connectivity index is 1.66. The van der Waals surface area contributed by atoms with Gasteiger partial charge in [0.15, 0.2) is 5.96 Å². The smallest absolute Gasteiger partial charge is 0.191 e. The van der Waals surface area contributed by atoms with Gasteiger partial charge in [-0.1, -0.05) is 54.6 Å². The van der Waals surface area contributed by atoms with Crippen LogP contribution in [0, 0.1) is 0 Å². The van der Waals surface area contributed by atoms with E-state index in [9.17, 15) is 0 Å². The molecule has 2 aromatic rings. The predicted molar refractivity (Wildman–Crippen MR) is 117 cm³/mol. The predicted octanol–water partition coefficient (Wildman–Crippen LogP) is 3.12. The number of hydrogen-bond acceptors (Lipinski definition) is 4. The normalized spacial score (nSPS) is 11.4. The van der Waals surface area contributed by atoms with E-state index in [1.165, 1.54) is 11.1 Å². The number of nitrogens with one attached hydrogen (secondary N) is 2. The van der Waals surface area contributed by atoms with E-state index in [4.69, 9.17) is 14.2 Å². The Morgan fingerprint density at radius 2 is 1.59 bits per heavy atom. The van der Waals surface area contributed by atoms with Gasteiger partial charge in [0.2, 0.25) is 0 Å². The number of ether oxygens (including phenoxy) is 3. The van der Waals surface area contributed by atoms with Crippen molar-refractivity contribution in [2.24, 2.45) is 4.99 Å². The van der Waals surface area contributed by atoms with E-state index in [1.807, 2.05) is 18.2 Å². The summed E-state index contributed by atoms with van der Waals surface area (Å²) in [7, 11) is 3.45. The molecule has 0 radical (unpaired) electrons. The highest BCUT2D eigenvalue weighted by atomic mass is 16.5. The van der Waals surface area contributed by atoms with Crippen LogP contribution in [0.5, 0.6) is 0 Å². The molecular formula is C23H33N3O3. The number of aliphatic imine (C=N–C) groups is 1. The van der Waals surface area contributed by atoms with Crippen molar-refractivity contribution in [3.05, 3.63) is 71.3 Å². The van der Waals surface area contributed by atoms with Gasteiger partial charge in [0.25, 0.3) is 0 Å². The summed E-state index contributed by atoms with van der Waals surface area (Å²) in [6, 6.07) is 18.6. The highest BCUT2D eigenvalue weighted by molar-refractivity contribution is 5.79. The number of nitrogens with zero attached hydrogens (tertiary/aromatic N) is 1. The molecule has 29 heavy (non-hydrogen) atoms. The maximum absolute atomic E-state index is 5.83. The maximum Gasteiger partial charge on any atom is 0.191 e. The molecule has 0 aliphatic rings. The van der Waals surface area contributed by atoms with Crippen molar-refractivity contribution in [1.29, 1.82) is 0 Å². The van der Waals surface area contributed by atoms with Crippen molar-refractivity contribution in [3.8, 4) is 0 Å². The van der Waals surface area contributed by atoms with Crippen LogP contribution in [0.25, 0.3) is 0 Å². The molecule has 0 spiro atoms. The second kappa shape index (κ2) is 14.6. The van der Waals surface area contributed by atoms with Crippen LogP contribution in [0.3, 0.4) is 0 Å². The Labute approximate surface area is 174 Å². The number of guanidine groups is 1. The minimum absolute atomic E-state index is 0.596. The summed E-state index contributed by atoms with van der Waals surface area (Å²) in [6.07, 6.45) is 0.915. The lowest BCUT2D eigenvalue weighted by molar-refractivity contribution is 0.0698. The van der Waals surface area contributed by atoms with Gasteiger partial charge in [-0.3, -0.25) is 4.99 Å². The van der Waals surface area contributed by atoms with Crippen LogP contribution in [0.15, 0.2) is 59.6 Å². The van der Waals surface area contributed by atoms with Crippen LogP contribution in [0.4, 0.5) is 0 Å². The third-order valence-electron chi connectivity index (χ3n) is 4.24. The topological polar surface area (TPSA) is 64.1 Å². The van der Waals surface area contributed by atoms with Crippen LogP contribution in [0.2, 0.25) is 0 Å². The Morgan fingerprint density at radius 3 is 2.38 bits per heavy atom. The molecule has 0 atom stereocenters. The Bertz CT molecular complexity index is 708. The molecule has 0 amide bonds. The summed E-state index contributed by atoms with van der Waals surface area (Å²) < 4.78 is 16.2. The number of benzene rings is 2. The molecule has 0 aliphatic heterocycles. The van der Waals surface area contributed by atoms with Gasteiger partial charge in [0.1, 0.15) is 0 Å². The quantitative estimate of drug-likeness (QED) is 0.308. The summed E-state index contributed by atoms with van der Waals surface area (Å²) in [6.45, 7) is 4.70. The van der Waals surface area contributed by atoms with Crippen molar-refractivity contribution in [1.82, 2.24) is 10.6 Å². The molecule has 0 saturated carbocycles. The summed E-state index contributed by atoms with van der Waals surface area (Å²) in [4.78, 5) is 4.26. The summed E-state index contributed by atoms with van der Waals surface area (Å²) in [5.41, 5.74) is 3.54. The van der Waals surface area contributed by atoms with Crippen LogP contribution >= 0.6 is 0 Å². The fourth-order valence-corrected chi connectivity index (χ4v) is 2.72. The first-order valence-electron chi connectivity index (χ1n) is 10.0. The lowest BCUT2D eigenvalue weighted by Crippen LogP contribution is -2.37. The van der Waals surface area contributed by atoms with Gasteiger partial charge in [-0.05, 0) is 23.1 Å². The van der Waals surface area contributed by atoms with E-state index in [1.54, 1.807) is 14.2 Å². The molecule has 6 nitrogen and oxygen atoms in total. The second-order valence-corrected chi connectivity index (χ2v) is 6.61. The Kier molecular flexibility index (Phi) is 11.5. The van der Waals surface area contributed by atoms with Gasteiger partial charge in [-0.2, -0.15) is 0 Å². The van der Waals surface area contributed by atoms with Crippen LogP contribution < -0.4 is 10.6 Å². The lowest BCUT2D eigenvalue weighted by atomic mass is 10.1. The van der Waals surface area contributed by atoms with Crippen molar-refractivity contribution < 1.29 is 14.2 Å². The lowest BCUT2D eigenvalue weighted by Gasteiger charge is -2.13. The van der Waals surface area contributed by atoms with Crippen molar-refractivity contribution in [2.45, 2.75) is 26.2 Å². The van der Waals surface area contributed by atoms with E-state index in [0.29, 0.717) is 39.6 Å². The zero-order valence-electron chi connectivity index (χ0n) is 17.5. The minimum Gasteiger partial charge on any atom is -0.382 e. The fourth-order valence-electron chi connectivity index (χ4n) is 2.72. The van der Waals surface area contributed by atoms with Crippen LogP contribution in [0.1, 0.15) is 23.1 Å². The molecule has 0 fully saturated rings. The average molecular weight is 400 g/mol. The largest absolute Gasteiger partial charge is 0.382 e. The Morgan fingerprint density at radius 1 is 0.828 bits per heavy atom. The van der Waals surface area contributed by atoms with E-state index < -0.39 is 0 Å². The molecule has 0 unspecified atom stereocenters. The Hall–Kier alpha value is -2.41. The summed E-state index contributed by atoms with van der Waals surface area (Å²) >= 11 is 0. The molecule has 0 aromatic heterocycles. The first-order chi connectivity index (χ1) is 14.3. The number of hydrogen-bond donors (Lipinski definition) is 2. The average Bonchev–Trinajstić information content (AvgIpc) is 2.76. The summed E-state index contributed by atoms with van der Waals surface area (Å²) in [5, 5.41) is 6.64. The molecule has 0 saturated heterocycles. The molecular weight excluding hydrogens is 366 g/mol. The van der Waals surface area contributed by atoms with E-state index in [-0.39, 0.29) is 0 Å². The van der Waals surface area contributed by atoms with E-state index in [2.05, 4.69) is 52.0 Å². The molecule has 0 heterocycles. The highest BCUT2D eigenvalue weighted by Crippen LogP contribution is 2.09. The summed E-state index contributed by atoms with van der Waals surface area (Å²) in [5.74, 6) is 0.785. The standard InChI is InChI=1S/C23H33N3O3/c1-24-23(25-12-7-13-28-15-14-27-2)26-17-21-10-6-11-22(16-21)19-29-18-20-8-4-3-5-9-20/h3-6,8-11,16H,7,12-15,17-19H2,1-2H3,(H2,24,25,26). The van der Waals surface area contributed by atoms with Crippen LogP contribution in [-0.2, 0) is 34.0 Å². The van der Waals surface area contributed by atoms with Gasteiger partial charge in [0.05, 0.1) is 26.4 Å². The zero-order chi connectivity index (χ0) is 20.6. The zero-order valence-corrected chi connectivity index (χ0v) is 17.5. The molecule has 2 rings (SSSR count). The number of rotatable bonds is 13. The molecule has 6 heteroatoms. The minimum atomic E-state index is 0.596. The second-order valence-electron chi connectivity index (χ2n) is 6.61. The van der Waals surface area contributed by atoms with E-state index >= 15 is 0 Å². The molecule has 2 aromatic carbocycles. The van der Waals surface area contributed by atoms with Gasteiger partial charge in [-0.15, -0.1) is 0 Å². The van der Waals surface area contributed by atoms with Crippen molar-refractivity contribution >= 4 is 5.96 Å². The molecule has 0 bridgehead atoms. The maximum atomic E-state index is 5.83. The fraction of sp³-hybridized carbons (Fsp3) is 0.435. The molecule has 2 N–H and O–H groups in total. The molecule has 158 valence electrons. The van der Waals surface area contributed by atoms with Crippen LogP contribution in [-0.4, -0.2) is 46.5 Å². The highest BCUT2D eigenvalue weighted by Gasteiger charge is 2.01. The van der Waals surface area contributed by atoms with E-state index in [0.717, 1.165) is 24.5 Å². The SMILES string of the molecule is CN=C(NCCCOCCOC)NCc1cccc(COCc2ccccc2)c1. The molecule has 0 aliphatic carbocycles. The van der Waals surface area contributed by atoms with Crippen molar-refractivity contribution in [2.75, 3.05) is 40.5 Å². The van der Waals surface area contributed by atoms with Crippen molar-refractivity contribution in [3.63, 3.8) is 0 Å². The first-order valence-corrected chi connectivity index (χ1v) is 10.0. The van der Waals surface area contributed by atoms with Gasteiger partial charge in [-0.25, -0.2) is 0 Å². The van der Waals surface area contributed by atoms with Gasteiger partial charge >= 0.3 is 0 Å². The number of methoxy groups -OCH3 is 1. The first kappa shape index (κ1) is 22.9. The van der Waals surface area contributed by atoms with Gasteiger partial charge in [0, 0.05) is 33.9 Å².